The molecule has 1 aliphatic heterocycles. The van der Waals surface area contributed by atoms with Gasteiger partial charge >= 0.3 is 0 Å². The van der Waals surface area contributed by atoms with Gasteiger partial charge in [-0.3, -0.25) is 0 Å². The average Bonchev–Trinajstić information content (AvgIpc) is 2.30. The number of hydrogen-bond acceptors (Lipinski definition) is 1. The van der Waals surface area contributed by atoms with E-state index in [1.54, 1.807) is 24.3 Å². The molecule has 1 nitrogen and oxygen atoms in total. The van der Waals surface area contributed by atoms with Crippen LogP contribution < -0.4 is 5.32 Å². The van der Waals surface area contributed by atoms with Crippen molar-refractivity contribution in [3.63, 3.8) is 0 Å². The van der Waals surface area contributed by atoms with Crippen LogP contribution >= 0.6 is 11.6 Å². The zero-order valence-electron chi connectivity index (χ0n) is 9.26. The molecule has 0 saturated carbocycles. The normalized spacial score (nSPS) is 23.0. The third-order valence-corrected chi connectivity index (χ3v) is 3.35. The lowest BCUT2D eigenvalue weighted by atomic mass is 9.97. The lowest BCUT2D eigenvalue weighted by Crippen LogP contribution is -2.34. The SMILES string of the molecule is FC(CC1CCCCN1)c1cccc(Cl)c1. The lowest BCUT2D eigenvalue weighted by Gasteiger charge is -2.24. The van der Waals surface area contributed by atoms with Crippen molar-refractivity contribution in [2.75, 3.05) is 6.54 Å². The summed E-state index contributed by atoms with van der Waals surface area (Å²) >= 11 is 5.85. The van der Waals surface area contributed by atoms with Crippen LogP contribution in [0.25, 0.3) is 0 Å². The maximum Gasteiger partial charge on any atom is 0.127 e. The molecule has 1 saturated heterocycles. The van der Waals surface area contributed by atoms with E-state index < -0.39 is 6.17 Å². The molecule has 0 spiro atoms. The van der Waals surface area contributed by atoms with Crippen molar-refractivity contribution in [1.82, 2.24) is 5.32 Å². The van der Waals surface area contributed by atoms with Crippen molar-refractivity contribution in [3.8, 4) is 0 Å². The molecule has 1 aromatic rings. The topological polar surface area (TPSA) is 12.0 Å². The van der Waals surface area contributed by atoms with Crippen molar-refractivity contribution in [2.24, 2.45) is 0 Å². The molecule has 0 radical (unpaired) electrons. The maximum atomic E-state index is 14.0. The molecule has 3 heteroatoms. The van der Waals surface area contributed by atoms with E-state index in [9.17, 15) is 4.39 Å². The summed E-state index contributed by atoms with van der Waals surface area (Å²) in [5, 5.41) is 3.97. The van der Waals surface area contributed by atoms with Crippen LogP contribution in [0.5, 0.6) is 0 Å². The second-order valence-corrected chi connectivity index (χ2v) is 4.84. The number of benzene rings is 1. The van der Waals surface area contributed by atoms with Crippen molar-refractivity contribution in [2.45, 2.75) is 37.9 Å². The van der Waals surface area contributed by atoms with Crippen LogP contribution in [-0.4, -0.2) is 12.6 Å². The third-order valence-electron chi connectivity index (χ3n) is 3.11. The van der Waals surface area contributed by atoms with Gasteiger partial charge in [-0.25, -0.2) is 4.39 Å². The molecular weight excluding hydrogens is 225 g/mol. The van der Waals surface area contributed by atoms with Crippen molar-refractivity contribution in [1.29, 1.82) is 0 Å². The number of hydrogen-bond donors (Lipinski definition) is 1. The molecule has 2 unspecified atom stereocenters. The fourth-order valence-corrected chi connectivity index (χ4v) is 2.41. The molecule has 1 aliphatic rings. The number of rotatable bonds is 3. The Hall–Kier alpha value is -0.600. The highest BCUT2D eigenvalue weighted by molar-refractivity contribution is 6.30. The van der Waals surface area contributed by atoms with E-state index in [4.69, 9.17) is 11.6 Å². The number of piperidine rings is 1. The highest BCUT2D eigenvalue weighted by Crippen LogP contribution is 2.27. The van der Waals surface area contributed by atoms with Gasteiger partial charge in [0.05, 0.1) is 0 Å². The fourth-order valence-electron chi connectivity index (χ4n) is 2.21. The van der Waals surface area contributed by atoms with Gasteiger partial charge in [0.1, 0.15) is 6.17 Å². The highest BCUT2D eigenvalue weighted by atomic mass is 35.5. The van der Waals surface area contributed by atoms with Crippen LogP contribution in [0, 0.1) is 0 Å². The largest absolute Gasteiger partial charge is 0.314 e. The summed E-state index contributed by atoms with van der Waals surface area (Å²) in [4.78, 5) is 0. The van der Waals surface area contributed by atoms with E-state index in [1.165, 1.54) is 12.8 Å². The Labute approximate surface area is 101 Å². The van der Waals surface area contributed by atoms with Gasteiger partial charge in [-0.2, -0.15) is 0 Å². The van der Waals surface area contributed by atoms with Gasteiger partial charge in [0, 0.05) is 11.1 Å². The van der Waals surface area contributed by atoms with E-state index in [0.29, 0.717) is 23.0 Å². The predicted molar refractivity (Wildman–Crippen MR) is 65.6 cm³/mol. The summed E-state index contributed by atoms with van der Waals surface area (Å²) in [5.74, 6) is 0. The Morgan fingerprint density at radius 2 is 2.31 bits per heavy atom. The molecule has 0 bridgehead atoms. The summed E-state index contributed by atoms with van der Waals surface area (Å²) in [5.41, 5.74) is 0.694. The number of alkyl halides is 1. The van der Waals surface area contributed by atoms with E-state index >= 15 is 0 Å². The molecule has 16 heavy (non-hydrogen) atoms. The maximum absolute atomic E-state index is 14.0. The molecule has 1 aromatic carbocycles. The molecule has 0 amide bonds. The molecule has 2 atom stereocenters. The first-order valence-corrected chi connectivity index (χ1v) is 6.26. The van der Waals surface area contributed by atoms with Crippen molar-refractivity contribution < 1.29 is 4.39 Å². The van der Waals surface area contributed by atoms with Crippen LogP contribution in [0.15, 0.2) is 24.3 Å². The quantitative estimate of drug-likeness (QED) is 0.847. The highest BCUT2D eigenvalue weighted by Gasteiger charge is 2.19. The van der Waals surface area contributed by atoms with Crippen LogP contribution in [0.3, 0.4) is 0 Å². The minimum Gasteiger partial charge on any atom is -0.314 e. The smallest absolute Gasteiger partial charge is 0.127 e. The van der Waals surface area contributed by atoms with Gasteiger partial charge in [0.15, 0.2) is 0 Å². The lowest BCUT2D eigenvalue weighted by molar-refractivity contribution is 0.260. The van der Waals surface area contributed by atoms with Crippen LogP contribution in [0.2, 0.25) is 5.02 Å². The molecule has 0 aromatic heterocycles. The zero-order valence-corrected chi connectivity index (χ0v) is 10.0. The second-order valence-electron chi connectivity index (χ2n) is 4.41. The first kappa shape index (κ1) is 11.9. The Morgan fingerprint density at radius 1 is 1.44 bits per heavy atom. The van der Waals surface area contributed by atoms with E-state index in [0.717, 1.165) is 13.0 Å². The summed E-state index contributed by atoms with van der Waals surface area (Å²) in [6.45, 7) is 1.02. The Kier molecular flexibility index (Phi) is 4.19. The third kappa shape index (κ3) is 3.19. The first-order valence-electron chi connectivity index (χ1n) is 5.88. The summed E-state index contributed by atoms with van der Waals surface area (Å²) in [6.07, 6.45) is 3.15. The Morgan fingerprint density at radius 3 is 3.00 bits per heavy atom. The second kappa shape index (κ2) is 5.65. The fraction of sp³-hybridized carbons (Fsp3) is 0.538. The first-order chi connectivity index (χ1) is 7.75. The summed E-state index contributed by atoms with van der Waals surface area (Å²) in [7, 11) is 0. The standard InChI is InChI=1S/C13H17ClFN/c14-11-5-3-4-10(8-11)13(15)9-12-6-1-2-7-16-12/h3-5,8,12-13,16H,1-2,6-7,9H2. The van der Waals surface area contributed by atoms with Crippen molar-refractivity contribution in [3.05, 3.63) is 34.9 Å². The van der Waals surface area contributed by atoms with Crippen molar-refractivity contribution >= 4 is 11.6 Å². The molecule has 1 fully saturated rings. The molecule has 1 N–H and O–H groups in total. The Balaban J connectivity index is 1.94. The van der Waals surface area contributed by atoms with Crippen LogP contribution in [-0.2, 0) is 0 Å². The predicted octanol–water partition coefficient (Wildman–Crippen LogP) is 3.88. The molecule has 0 aliphatic carbocycles. The van der Waals surface area contributed by atoms with Gasteiger partial charge in [-0.1, -0.05) is 30.2 Å². The van der Waals surface area contributed by atoms with Gasteiger partial charge in [-0.15, -0.1) is 0 Å². The number of nitrogens with one attached hydrogen (secondary N) is 1. The van der Waals surface area contributed by atoms with Crippen LogP contribution in [0.4, 0.5) is 4.39 Å². The Bertz CT molecular complexity index is 336. The average molecular weight is 242 g/mol. The van der Waals surface area contributed by atoms with Gasteiger partial charge in [0.2, 0.25) is 0 Å². The zero-order chi connectivity index (χ0) is 11.4. The minimum absolute atomic E-state index is 0.322. The molecular formula is C13H17ClFN. The van der Waals surface area contributed by atoms with Gasteiger partial charge in [0.25, 0.3) is 0 Å². The van der Waals surface area contributed by atoms with E-state index in [1.807, 2.05) is 0 Å². The van der Waals surface area contributed by atoms with E-state index in [-0.39, 0.29) is 0 Å². The van der Waals surface area contributed by atoms with E-state index in [2.05, 4.69) is 5.32 Å². The summed E-state index contributed by atoms with van der Waals surface area (Å²) < 4.78 is 14.0. The molecule has 1 heterocycles. The van der Waals surface area contributed by atoms with Crippen LogP contribution in [0.1, 0.15) is 37.4 Å². The summed E-state index contributed by atoms with van der Waals surface area (Å²) in [6, 6.07) is 7.42. The molecule has 88 valence electrons. The van der Waals surface area contributed by atoms with Gasteiger partial charge < -0.3 is 5.32 Å². The number of halogens is 2. The molecule has 2 rings (SSSR count). The minimum atomic E-state index is -0.908. The monoisotopic (exact) mass is 241 g/mol. The van der Waals surface area contributed by atoms with Gasteiger partial charge in [-0.05, 0) is 43.5 Å².